The summed E-state index contributed by atoms with van der Waals surface area (Å²) in [6.45, 7) is 2.10. The molecule has 7 nitrogen and oxygen atoms in total. The Hall–Kier alpha value is -3.06. The van der Waals surface area contributed by atoms with Crippen LogP contribution in [0, 0.1) is 0 Å². The average Bonchev–Trinajstić information content (AvgIpc) is 2.61. The highest BCUT2D eigenvalue weighted by Gasteiger charge is 2.06. The lowest BCUT2D eigenvalue weighted by atomic mass is 10.2. The molecule has 2 rings (SSSR count). The molecule has 0 aliphatic heterocycles. The summed E-state index contributed by atoms with van der Waals surface area (Å²) in [5, 5.41) is 8.54. The largest absolute Gasteiger partial charge is 0.493 e. The first kappa shape index (κ1) is 19.3. The molecular weight excluding hydrogens is 334 g/mol. The van der Waals surface area contributed by atoms with E-state index in [1.807, 2.05) is 18.2 Å². The third kappa shape index (κ3) is 5.78. The number of carbonyl (C=O) groups is 2. The molecule has 0 radical (unpaired) electrons. The van der Waals surface area contributed by atoms with Gasteiger partial charge in [0, 0.05) is 24.8 Å². The fraction of sp³-hybridized carbons (Fsp3) is 0.263. The normalized spacial score (nSPS) is 10.1. The molecule has 0 aromatic heterocycles. The molecule has 0 bridgehead atoms. The van der Waals surface area contributed by atoms with E-state index in [-0.39, 0.29) is 18.4 Å². The number of amides is 2. The molecule has 0 heterocycles. The van der Waals surface area contributed by atoms with Crippen LogP contribution in [0.2, 0.25) is 0 Å². The Balaban J connectivity index is 1.85. The number of benzene rings is 2. The minimum atomic E-state index is -0.176. The molecule has 2 aromatic carbocycles. The number of rotatable bonds is 8. The second kappa shape index (κ2) is 9.43. The topological polar surface area (TPSA) is 88.7 Å². The maximum absolute atomic E-state index is 12.1. The first-order chi connectivity index (χ1) is 12.5. The van der Waals surface area contributed by atoms with Crippen molar-refractivity contribution < 1.29 is 19.1 Å². The molecular formula is C19H23N3O4. The zero-order valence-corrected chi connectivity index (χ0v) is 15.1. The summed E-state index contributed by atoms with van der Waals surface area (Å²) in [5.74, 6) is 0.967. The number of hydrogen-bond donors (Lipinski definition) is 3. The van der Waals surface area contributed by atoms with Crippen molar-refractivity contribution in [3.8, 4) is 11.5 Å². The minimum absolute atomic E-state index is 0.151. The Kier molecular flexibility index (Phi) is 6.99. The van der Waals surface area contributed by atoms with Crippen molar-refractivity contribution in [1.29, 1.82) is 0 Å². The fourth-order valence-corrected chi connectivity index (χ4v) is 2.39. The SMILES string of the molecule is COc1ccc(CNCC(=O)Nc2cccc(NC(C)=O)c2)cc1OC. The first-order valence-electron chi connectivity index (χ1n) is 8.11. The van der Waals surface area contributed by atoms with Crippen LogP contribution in [0.15, 0.2) is 42.5 Å². The number of methoxy groups -OCH3 is 2. The van der Waals surface area contributed by atoms with Crippen LogP contribution in [-0.4, -0.2) is 32.6 Å². The molecule has 3 N–H and O–H groups in total. The minimum Gasteiger partial charge on any atom is -0.493 e. The van der Waals surface area contributed by atoms with Gasteiger partial charge >= 0.3 is 0 Å². The van der Waals surface area contributed by atoms with Crippen LogP contribution in [0.3, 0.4) is 0 Å². The second-order valence-electron chi connectivity index (χ2n) is 5.60. The fourth-order valence-electron chi connectivity index (χ4n) is 2.39. The van der Waals surface area contributed by atoms with Crippen molar-refractivity contribution in [1.82, 2.24) is 5.32 Å². The van der Waals surface area contributed by atoms with Gasteiger partial charge < -0.3 is 25.4 Å². The van der Waals surface area contributed by atoms with Gasteiger partial charge in [0.15, 0.2) is 11.5 Å². The molecule has 0 saturated carbocycles. The number of ether oxygens (including phenoxy) is 2. The van der Waals surface area contributed by atoms with Crippen molar-refractivity contribution in [2.24, 2.45) is 0 Å². The van der Waals surface area contributed by atoms with Gasteiger partial charge in [0.2, 0.25) is 11.8 Å². The van der Waals surface area contributed by atoms with Gasteiger partial charge in [0.05, 0.1) is 20.8 Å². The zero-order chi connectivity index (χ0) is 18.9. The molecule has 0 unspecified atom stereocenters. The second-order valence-corrected chi connectivity index (χ2v) is 5.60. The number of nitrogens with one attached hydrogen (secondary N) is 3. The first-order valence-corrected chi connectivity index (χ1v) is 8.11. The maximum Gasteiger partial charge on any atom is 0.238 e. The molecule has 0 aliphatic carbocycles. The molecule has 2 aromatic rings. The van der Waals surface area contributed by atoms with Crippen LogP contribution in [0.5, 0.6) is 11.5 Å². The van der Waals surface area contributed by atoms with Gasteiger partial charge in [-0.25, -0.2) is 0 Å². The van der Waals surface area contributed by atoms with Crippen molar-refractivity contribution in [3.05, 3.63) is 48.0 Å². The van der Waals surface area contributed by atoms with E-state index in [2.05, 4.69) is 16.0 Å². The summed E-state index contributed by atoms with van der Waals surface area (Å²) in [7, 11) is 3.17. The average molecular weight is 357 g/mol. The van der Waals surface area contributed by atoms with E-state index in [0.717, 1.165) is 5.56 Å². The van der Waals surface area contributed by atoms with Crippen molar-refractivity contribution in [2.45, 2.75) is 13.5 Å². The van der Waals surface area contributed by atoms with E-state index >= 15 is 0 Å². The van der Waals surface area contributed by atoms with Gasteiger partial charge in [-0.3, -0.25) is 9.59 Å². The molecule has 0 atom stereocenters. The van der Waals surface area contributed by atoms with E-state index in [4.69, 9.17) is 9.47 Å². The molecule has 7 heteroatoms. The third-order valence-corrected chi connectivity index (χ3v) is 3.53. The van der Waals surface area contributed by atoms with E-state index in [9.17, 15) is 9.59 Å². The summed E-state index contributed by atoms with van der Waals surface area (Å²) in [6.07, 6.45) is 0. The van der Waals surface area contributed by atoms with Crippen LogP contribution in [0.25, 0.3) is 0 Å². The monoisotopic (exact) mass is 357 g/mol. The Bertz CT molecular complexity index is 777. The quantitative estimate of drug-likeness (QED) is 0.675. The Labute approximate surface area is 152 Å². The highest BCUT2D eigenvalue weighted by atomic mass is 16.5. The van der Waals surface area contributed by atoms with Crippen molar-refractivity contribution in [3.63, 3.8) is 0 Å². The van der Waals surface area contributed by atoms with Crippen LogP contribution in [0.4, 0.5) is 11.4 Å². The van der Waals surface area contributed by atoms with Crippen LogP contribution < -0.4 is 25.4 Å². The molecule has 0 spiro atoms. The number of anilines is 2. The Morgan fingerprint density at radius 2 is 1.62 bits per heavy atom. The molecule has 2 amide bonds. The molecule has 138 valence electrons. The lowest BCUT2D eigenvalue weighted by Gasteiger charge is -2.11. The molecule has 0 fully saturated rings. The van der Waals surface area contributed by atoms with E-state index in [1.165, 1.54) is 6.92 Å². The van der Waals surface area contributed by atoms with Gasteiger partial charge in [-0.05, 0) is 35.9 Å². The van der Waals surface area contributed by atoms with Gasteiger partial charge in [-0.1, -0.05) is 12.1 Å². The summed E-state index contributed by atoms with van der Waals surface area (Å²) < 4.78 is 10.5. The highest BCUT2D eigenvalue weighted by Crippen LogP contribution is 2.27. The predicted molar refractivity (Wildman–Crippen MR) is 101 cm³/mol. The molecule has 0 saturated heterocycles. The lowest BCUT2D eigenvalue weighted by molar-refractivity contribution is -0.115. The summed E-state index contributed by atoms with van der Waals surface area (Å²) >= 11 is 0. The standard InChI is InChI=1S/C19H23N3O4/c1-13(23)21-15-5-4-6-16(10-15)22-19(24)12-20-11-14-7-8-17(25-2)18(9-14)26-3/h4-10,20H,11-12H2,1-3H3,(H,21,23)(H,22,24). The van der Waals surface area contributed by atoms with E-state index < -0.39 is 0 Å². The van der Waals surface area contributed by atoms with E-state index in [0.29, 0.717) is 29.4 Å². The van der Waals surface area contributed by atoms with Crippen molar-refractivity contribution in [2.75, 3.05) is 31.4 Å². The third-order valence-electron chi connectivity index (χ3n) is 3.53. The van der Waals surface area contributed by atoms with Gasteiger partial charge in [-0.15, -0.1) is 0 Å². The van der Waals surface area contributed by atoms with Gasteiger partial charge in [0.1, 0.15) is 0 Å². The van der Waals surface area contributed by atoms with Gasteiger partial charge in [-0.2, -0.15) is 0 Å². The Morgan fingerprint density at radius 1 is 0.923 bits per heavy atom. The number of carbonyl (C=O) groups excluding carboxylic acids is 2. The maximum atomic E-state index is 12.1. The smallest absolute Gasteiger partial charge is 0.238 e. The highest BCUT2D eigenvalue weighted by molar-refractivity contribution is 5.94. The summed E-state index contributed by atoms with van der Waals surface area (Å²) in [5.41, 5.74) is 2.23. The van der Waals surface area contributed by atoms with Gasteiger partial charge in [0.25, 0.3) is 0 Å². The number of hydrogen-bond acceptors (Lipinski definition) is 5. The Morgan fingerprint density at radius 3 is 2.27 bits per heavy atom. The zero-order valence-electron chi connectivity index (χ0n) is 15.1. The van der Waals surface area contributed by atoms with Crippen LogP contribution >= 0.6 is 0 Å². The molecule has 0 aliphatic rings. The van der Waals surface area contributed by atoms with Crippen LogP contribution in [-0.2, 0) is 16.1 Å². The summed E-state index contributed by atoms with van der Waals surface area (Å²) in [6, 6.07) is 12.6. The van der Waals surface area contributed by atoms with E-state index in [1.54, 1.807) is 38.5 Å². The summed E-state index contributed by atoms with van der Waals surface area (Å²) in [4.78, 5) is 23.1. The predicted octanol–water partition coefficient (Wildman–Crippen LogP) is 2.39. The lowest BCUT2D eigenvalue weighted by Crippen LogP contribution is -2.27. The molecule has 26 heavy (non-hydrogen) atoms. The van der Waals surface area contributed by atoms with Crippen LogP contribution in [0.1, 0.15) is 12.5 Å². The van der Waals surface area contributed by atoms with Crippen molar-refractivity contribution >= 4 is 23.2 Å².